The Kier molecular flexibility index (Phi) is 6.83. The number of pyridine rings is 1. The number of hydrogen-bond acceptors (Lipinski definition) is 5. The highest BCUT2D eigenvalue weighted by atomic mass is 35.5. The summed E-state index contributed by atoms with van der Waals surface area (Å²) in [5.74, 6) is -0.226. The molecule has 32 heavy (non-hydrogen) atoms. The number of aromatic amines is 1. The lowest BCUT2D eigenvalue weighted by Crippen LogP contribution is -2.44. The number of hydrogen-bond donors (Lipinski definition) is 1. The van der Waals surface area contributed by atoms with Crippen LogP contribution in [0.3, 0.4) is 0 Å². The summed E-state index contributed by atoms with van der Waals surface area (Å²) in [5, 5.41) is 0.315. The predicted molar refractivity (Wildman–Crippen MR) is 119 cm³/mol. The van der Waals surface area contributed by atoms with Gasteiger partial charge in [0.15, 0.2) is 11.0 Å². The predicted octanol–water partition coefficient (Wildman–Crippen LogP) is 3.03. The Morgan fingerprint density at radius 2 is 2.03 bits per heavy atom. The average Bonchev–Trinajstić information content (AvgIpc) is 3.43. The zero-order chi connectivity index (χ0) is 22.9. The van der Waals surface area contributed by atoms with E-state index in [4.69, 9.17) is 11.6 Å². The van der Waals surface area contributed by atoms with Crippen LogP contribution in [-0.2, 0) is 14.8 Å². The van der Waals surface area contributed by atoms with E-state index < -0.39 is 15.8 Å². The number of rotatable bonds is 6. The van der Waals surface area contributed by atoms with E-state index in [9.17, 15) is 17.6 Å². The van der Waals surface area contributed by atoms with Crippen LogP contribution in [0.2, 0.25) is 5.15 Å². The van der Waals surface area contributed by atoms with E-state index in [0.717, 1.165) is 37.8 Å². The topological polar surface area (TPSA) is 99.3 Å². The molecule has 1 N–H and O–H groups in total. The van der Waals surface area contributed by atoms with Crippen molar-refractivity contribution in [1.29, 1.82) is 0 Å². The van der Waals surface area contributed by atoms with Gasteiger partial charge in [-0.25, -0.2) is 27.1 Å². The van der Waals surface area contributed by atoms with Gasteiger partial charge in [0, 0.05) is 38.5 Å². The maximum absolute atomic E-state index is 13.1. The van der Waals surface area contributed by atoms with E-state index >= 15 is 0 Å². The third kappa shape index (κ3) is 4.97. The van der Waals surface area contributed by atoms with Gasteiger partial charge in [-0.15, -0.1) is 0 Å². The fourth-order valence-electron chi connectivity index (χ4n) is 4.51. The van der Waals surface area contributed by atoms with Gasteiger partial charge in [0.05, 0.1) is 17.6 Å². The van der Waals surface area contributed by atoms with Crippen molar-refractivity contribution >= 4 is 27.5 Å². The second-order valence-electron chi connectivity index (χ2n) is 8.54. The molecule has 174 valence electrons. The number of H-pyrrole nitrogens is 1. The number of likely N-dealkylation sites (tertiary alicyclic amines) is 1. The molecule has 0 radical (unpaired) electrons. The smallest absolute Gasteiger partial charge is 0.223 e. The van der Waals surface area contributed by atoms with Gasteiger partial charge in [-0.2, -0.15) is 0 Å². The summed E-state index contributed by atoms with van der Waals surface area (Å²) in [6, 6.07) is 2.83. The summed E-state index contributed by atoms with van der Waals surface area (Å²) in [6.07, 6.45) is 3.69. The van der Waals surface area contributed by atoms with Crippen LogP contribution >= 0.6 is 11.6 Å². The normalized spacial score (nSPS) is 22.4. The van der Waals surface area contributed by atoms with Crippen molar-refractivity contribution in [3.8, 4) is 11.5 Å². The number of piperidine rings is 1. The van der Waals surface area contributed by atoms with Gasteiger partial charge in [0.2, 0.25) is 15.9 Å². The standard InChI is InChI=1S/C21H27ClFN5O3S/c1-14-13-28(32(30,31)11-7-18(29)27-8-2-3-9-27)10-6-16(14)19-20(22)26-21(25-19)17-5-4-15(23)12-24-17/h4-5,12,14,16H,2-3,6-11,13H2,1H3,(H,25,26)/t14-,16+/m0/s1. The first-order valence-corrected chi connectivity index (χ1v) is 12.9. The van der Waals surface area contributed by atoms with Gasteiger partial charge in [-0.3, -0.25) is 4.79 Å². The first kappa shape index (κ1) is 23.1. The van der Waals surface area contributed by atoms with Crippen LogP contribution in [0.25, 0.3) is 11.5 Å². The SMILES string of the molecule is C[C@H]1CN(S(=O)(=O)CCC(=O)N2CCCC2)CC[C@H]1c1[nH]c(-c2ccc(F)cn2)nc1Cl. The molecule has 0 aromatic carbocycles. The third-order valence-corrected chi connectivity index (χ3v) is 8.45. The molecule has 0 saturated carbocycles. The van der Waals surface area contributed by atoms with Gasteiger partial charge in [0.25, 0.3) is 0 Å². The van der Waals surface area contributed by atoms with Crippen molar-refractivity contribution in [2.75, 3.05) is 31.9 Å². The summed E-state index contributed by atoms with van der Waals surface area (Å²) in [7, 11) is -3.52. The lowest BCUT2D eigenvalue weighted by molar-refractivity contribution is -0.129. The van der Waals surface area contributed by atoms with Gasteiger partial charge < -0.3 is 9.88 Å². The Balaban J connectivity index is 1.39. The third-order valence-electron chi connectivity index (χ3n) is 6.32. The minimum atomic E-state index is -3.52. The number of halogens is 2. The molecule has 4 rings (SSSR count). The minimum Gasteiger partial charge on any atom is -0.343 e. The van der Waals surface area contributed by atoms with Crippen LogP contribution in [0.5, 0.6) is 0 Å². The molecule has 2 aliphatic heterocycles. The quantitative estimate of drug-likeness (QED) is 0.680. The largest absolute Gasteiger partial charge is 0.343 e. The summed E-state index contributed by atoms with van der Waals surface area (Å²) >= 11 is 6.38. The highest BCUT2D eigenvalue weighted by Gasteiger charge is 2.35. The highest BCUT2D eigenvalue weighted by Crippen LogP contribution is 2.37. The molecular formula is C21H27ClFN5O3S. The highest BCUT2D eigenvalue weighted by molar-refractivity contribution is 7.89. The fourth-order valence-corrected chi connectivity index (χ4v) is 6.32. The van der Waals surface area contributed by atoms with Crippen LogP contribution in [0.4, 0.5) is 4.39 Å². The maximum Gasteiger partial charge on any atom is 0.223 e. The molecular weight excluding hydrogens is 457 g/mol. The molecule has 11 heteroatoms. The average molecular weight is 484 g/mol. The van der Waals surface area contributed by atoms with Crippen molar-refractivity contribution < 1.29 is 17.6 Å². The Hall–Kier alpha value is -2.04. The monoisotopic (exact) mass is 483 g/mol. The van der Waals surface area contributed by atoms with Crippen LogP contribution < -0.4 is 0 Å². The van der Waals surface area contributed by atoms with E-state index in [1.54, 1.807) is 4.90 Å². The summed E-state index contributed by atoms with van der Waals surface area (Å²) in [5.41, 5.74) is 1.22. The van der Waals surface area contributed by atoms with Crippen LogP contribution in [-0.4, -0.2) is 70.4 Å². The molecule has 4 heterocycles. The molecule has 2 aromatic rings. The van der Waals surface area contributed by atoms with Gasteiger partial charge >= 0.3 is 0 Å². The number of nitrogens with one attached hydrogen (secondary N) is 1. The number of carbonyl (C=O) groups excluding carboxylic acids is 1. The summed E-state index contributed by atoms with van der Waals surface area (Å²) < 4.78 is 40.3. The summed E-state index contributed by atoms with van der Waals surface area (Å²) in [6.45, 7) is 4.14. The summed E-state index contributed by atoms with van der Waals surface area (Å²) in [4.78, 5) is 25.5. The Bertz CT molecular complexity index is 1070. The molecule has 0 aliphatic carbocycles. The number of carbonyl (C=O) groups is 1. The first-order chi connectivity index (χ1) is 15.2. The zero-order valence-corrected chi connectivity index (χ0v) is 19.5. The molecule has 2 fully saturated rings. The van der Waals surface area contributed by atoms with Crippen molar-refractivity contribution in [2.24, 2.45) is 5.92 Å². The van der Waals surface area contributed by atoms with E-state index in [2.05, 4.69) is 15.0 Å². The van der Waals surface area contributed by atoms with E-state index in [-0.39, 0.29) is 29.9 Å². The van der Waals surface area contributed by atoms with E-state index in [1.807, 2.05) is 6.92 Å². The molecule has 2 aliphatic rings. The Morgan fingerprint density at radius 1 is 1.28 bits per heavy atom. The lowest BCUT2D eigenvalue weighted by Gasteiger charge is -2.35. The van der Waals surface area contributed by atoms with Crippen LogP contribution in [0, 0.1) is 11.7 Å². The number of amides is 1. The van der Waals surface area contributed by atoms with Crippen LogP contribution in [0.1, 0.15) is 44.2 Å². The van der Waals surface area contributed by atoms with Gasteiger partial charge in [-0.1, -0.05) is 18.5 Å². The number of nitrogens with zero attached hydrogens (tertiary/aromatic N) is 4. The van der Waals surface area contributed by atoms with Crippen molar-refractivity contribution in [3.63, 3.8) is 0 Å². The van der Waals surface area contributed by atoms with Crippen molar-refractivity contribution in [2.45, 2.75) is 38.5 Å². The lowest BCUT2D eigenvalue weighted by atomic mass is 9.86. The number of aromatic nitrogens is 3. The molecule has 0 spiro atoms. The number of sulfonamides is 1. The second kappa shape index (κ2) is 9.44. The molecule has 2 saturated heterocycles. The van der Waals surface area contributed by atoms with Gasteiger partial charge in [-0.05, 0) is 37.3 Å². The van der Waals surface area contributed by atoms with E-state index in [1.165, 1.54) is 16.4 Å². The molecule has 1 amide bonds. The molecule has 2 aromatic heterocycles. The molecule has 2 atom stereocenters. The maximum atomic E-state index is 13.1. The Labute approximate surface area is 192 Å². The zero-order valence-electron chi connectivity index (χ0n) is 17.9. The van der Waals surface area contributed by atoms with Gasteiger partial charge in [0.1, 0.15) is 11.5 Å². The van der Waals surface area contributed by atoms with Crippen LogP contribution in [0.15, 0.2) is 18.3 Å². The molecule has 0 unspecified atom stereocenters. The molecule has 0 bridgehead atoms. The molecule has 8 nitrogen and oxygen atoms in total. The minimum absolute atomic E-state index is 0.000199. The van der Waals surface area contributed by atoms with Crippen molar-refractivity contribution in [1.82, 2.24) is 24.2 Å². The van der Waals surface area contributed by atoms with E-state index in [0.29, 0.717) is 36.2 Å². The van der Waals surface area contributed by atoms with Crippen molar-refractivity contribution in [3.05, 3.63) is 35.0 Å². The first-order valence-electron chi connectivity index (χ1n) is 10.9. The Morgan fingerprint density at radius 3 is 2.69 bits per heavy atom. The fraction of sp³-hybridized carbons (Fsp3) is 0.571. The number of imidazole rings is 1. The second-order valence-corrected chi connectivity index (χ2v) is 11.0.